The Morgan fingerprint density at radius 3 is 2.57 bits per heavy atom. The lowest BCUT2D eigenvalue weighted by molar-refractivity contribution is 0.145. The largest absolute Gasteiger partial charge is 0.328 e. The molecule has 0 radical (unpaired) electrons. The maximum Gasteiger partial charge on any atom is 0.0641 e. The van der Waals surface area contributed by atoms with E-state index >= 15 is 0 Å². The van der Waals surface area contributed by atoms with Crippen LogP contribution in [0.25, 0.3) is 0 Å². The van der Waals surface area contributed by atoms with Gasteiger partial charge in [0, 0.05) is 50.0 Å². The second-order valence-electron chi connectivity index (χ2n) is 6.83. The van der Waals surface area contributed by atoms with E-state index in [9.17, 15) is 0 Å². The molecular weight excluding hydrogens is 262 g/mol. The van der Waals surface area contributed by atoms with Crippen LogP contribution in [-0.4, -0.2) is 57.8 Å². The molecule has 0 amide bonds. The van der Waals surface area contributed by atoms with Gasteiger partial charge in [0.15, 0.2) is 0 Å². The summed E-state index contributed by atoms with van der Waals surface area (Å²) in [5, 5.41) is 4.49. The first-order valence-electron chi connectivity index (χ1n) is 8.28. The summed E-state index contributed by atoms with van der Waals surface area (Å²) < 4.78 is 1.93. The summed E-state index contributed by atoms with van der Waals surface area (Å²) in [5.74, 6) is 0. The lowest BCUT2D eigenvalue weighted by atomic mass is 10.0. The number of hydrogen-bond donors (Lipinski definition) is 1. The van der Waals surface area contributed by atoms with Gasteiger partial charge < -0.3 is 5.73 Å². The van der Waals surface area contributed by atoms with E-state index < -0.39 is 0 Å². The molecule has 3 heterocycles. The van der Waals surface area contributed by atoms with Crippen molar-refractivity contribution in [3.63, 3.8) is 0 Å². The smallest absolute Gasteiger partial charge is 0.0641 e. The molecule has 21 heavy (non-hydrogen) atoms. The highest BCUT2D eigenvalue weighted by Gasteiger charge is 2.32. The van der Waals surface area contributed by atoms with Crippen LogP contribution in [0.3, 0.4) is 0 Å². The third kappa shape index (κ3) is 3.15. The van der Waals surface area contributed by atoms with Crippen molar-refractivity contribution in [3.8, 4) is 0 Å². The summed E-state index contributed by atoms with van der Waals surface area (Å²) in [6.45, 7) is 9.18. The van der Waals surface area contributed by atoms with Gasteiger partial charge in [0.05, 0.1) is 5.69 Å². The molecule has 2 aliphatic heterocycles. The monoisotopic (exact) mass is 291 g/mol. The molecule has 0 bridgehead atoms. The molecule has 5 heteroatoms. The van der Waals surface area contributed by atoms with Crippen molar-refractivity contribution in [1.82, 2.24) is 19.6 Å². The van der Waals surface area contributed by atoms with Gasteiger partial charge in [-0.3, -0.25) is 14.5 Å². The number of piperidine rings is 1. The van der Waals surface area contributed by atoms with Crippen molar-refractivity contribution in [2.24, 2.45) is 12.8 Å². The average molecular weight is 291 g/mol. The fourth-order valence-corrected chi connectivity index (χ4v) is 3.93. The molecule has 2 aliphatic rings. The Hall–Kier alpha value is -0.910. The van der Waals surface area contributed by atoms with Crippen LogP contribution in [0.2, 0.25) is 0 Å². The Morgan fingerprint density at radius 2 is 1.95 bits per heavy atom. The Labute approximate surface area is 128 Å². The summed E-state index contributed by atoms with van der Waals surface area (Å²) in [6.07, 6.45) is 5.79. The zero-order chi connectivity index (χ0) is 15.0. The van der Waals surface area contributed by atoms with Crippen LogP contribution >= 0.6 is 0 Å². The molecule has 1 aromatic rings. The van der Waals surface area contributed by atoms with Gasteiger partial charge in [0.25, 0.3) is 0 Å². The third-order valence-electron chi connectivity index (χ3n) is 5.33. The van der Waals surface area contributed by atoms with Gasteiger partial charge in [0.1, 0.15) is 0 Å². The van der Waals surface area contributed by atoms with Gasteiger partial charge in [-0.2, -0.15) is 5.10 Å². The number of nitrogens with zero attached hydrogens (tertiary/aromatic N) is 4. The van der Waals surface area contributed by atoms with Gasteiger partial charge >= 0.3 is 0 Å². The van der Waals surface area contributed by atoms with E-state index in [1.807, 2.05) is 11.7 Å². The van der Waals surface area contributed by atoms with Gasteiger partial charge in [-0.25, -0.2) is 0 Å². The minimum Gasteiger partial charge on any atom is -0.328 e. The van der Waals surface area contributed by atoms with E-state index in [1.165, 1.54) is 38.2 Å². The fourth-order valence-electron chi connectivity index (χ4n) is 3.93. The highest BCUT2D eigenvalue weighted by molar-refractivity contribution is 5.20. The van der Waals surface area contributed by atoms with Crippen LogP contribution in [0.15, 0.2) is 6.20 Å². The Morgan fingerprint density at radius 1 is 1.24 bits per heavy atom. The summed E-state index contributed by atoms with van der Waals surface area (Å²) in [5.41, 5.74) is 8.56. The van der Waals surface area contributed by atoms with Crippen LogP contribution in [0.5, 0.6) is 0 Å². The predicted molar refractivity (Wildman–Crippen MR) is 85.1 cm³/mol. The van der Waals surface area contributed by atoms with Crippen LogP contribution < -0.4 is 5.73 Å². The molecule has 0 spiro atoms. The van der Waals surface area contributed by atoms with Crippen LogP contribution in [0, 0.1) is 6.92 Å². The summed E-state index contributed by atoms with van der Waals surface area (Å²) in [7, 11) is 2.01. The number of rotatable bonds is 3. The van der Waals surface area contributed by atoms with Crippen LogP contribution in [0.4, 0.5) is 0 Å². The molecule has 3 rings (SSSR count). The lowest BCUT2D eigenvalue weighted by Crippen LogP contribution is -2.46. The normalized spacial score (nSPS) is 27.3. The minimum atomic E-state index is 0.427. The maximum absolute atomic E-state index is 6.02. The van der Waals surface area contributed by atoms with Crippen molar-refractivity contribution in [1.29, 1.82) is 0 Å². The first-order valence-corrected chi connectivity index (χ1v) is 8.28. The molecule has 2 fully saturated rings. The van der Waals surface area contributed by atoms with E-state index in [0.717, 1.165) is 24.6 Å². The SMILES string of the molecule is Cc1nn(C)cc1C(C)N1CCC(N2CCC(N)CC2)C1. The molecule has 2 N–H and O–H groups in total. The van der Waals surface area contributed by atoms with Crippen LogP contribution in [-0.2, 0) is 7.05 Å². The highest BCUT2D eigenvalue weighted by atomic mass is 15.3. The lowest BCUT2D eigenvalue weighted by Gasteiger charge is -2.35. The van der Waals surface area contributed by atoms with E-state index in [-0.39, 0.29) is 0 Å². The molecule has 2 unspecified atom stereocenters. The fraction of sp³-hybridized carbons (Fsp3) is 0.812. The predicted octanol–water partition coefficient (Wildman–Crippen LogP) is 1.29. The topological polar surface area (TPSA) is 50.3 Å². The van der Waals surface area contributed by atoms with Gasteiger partial charge in [-0.05, 0) is 46.2 Å². The quantitative estimate of drug-likeness (QED) is 0.911. The van der Waals surface area contributed by atoms with E-state index in [1.54, 1.807) is 0 Å². The van der Waals surface area contributed by atoms with Crippen LogP contribution in [0.1, 0.15) is 43.5 Å². The second-order valence-corrected chi connectivity index (χ2v) is 6.83. The minimum absolute atomic E-state index is 0.427. The number of nitrogens with two attached hydrogens (primary N) is 1. The zero-order valence-electron chi connectivity index (χ0n) is 13.6. The molecule has 0 saturated carbocycles. The first-order chi connectivity index (χ1) is 10.0. The van der Waals surface area contributed by atoms with Crippen molar-refractivity contribution in [3.05, 3.63) is 17.5 Å². The second kappa shape index (κ2) is 6.07. The summed E-state index contributed by atoms with van der Waals surface area (Å²) >= 11 is 0. The third-order valence-corrected chi connectivity index (χ3v) is 5.33. The van der Waals surface area contributed by atoms with Gasteiger partial charge in [-0.1, -0.05) is 0 Å². The van der Waals surface area contributed by atoms with E-state index in [0.29, 0.717) is 12.1 Å². The Kier molecular flexibility index (Phi) is 4.33. The molecule has 5 nitrogen and oxygen atoms in total. The van der Waals surface area contributed by atoms with Gasteiger partial charge in [0.2, 0.25) is 0 Å². The molecular formula is C16H29N5. The summed E-state index contributed by atoms with van der Waals surface area (Å²) in [4.78, 5) is 5.27. The Bertz CT molecular complexity index is 475. The zero-order valence-corrected chi connectivity index (χ0v) is 13.6. The number of aromatic nitrogens is 2. The van der Waals surface area contributed by atoms with E-state index in [4.69, 9.17) is 5.73 Å². The molecule has 0 aromatic carbocycles. The average Bonchev–Trinajstić information content (AvgIpc) is 3.06. The van der Waals surface area contributed by atoms with E-state index in [2.05, 4.69) is 34.9 Å². The molecule has 0 aliphatic carbocycles. The van der Waals surface area contributed by atoms with Crippen molar-refractivity contribution in [2.45, 2.75) is 51.2 Å². The number of likely N-dealkylation sites (tertiary alicyclic amines) is 2. The molecule has 2 atom stereocenters. The van der Waals surface area contributed by atoms with Gasteiger partial charge in [-0.15, -0.1) is 0 Å². The molecule has 118 valence electrons. The highest BCUT2D eigenvalue weighted by Crippen LogP contribution is 2.29. The standard InChI is InChI=1S/C16H29N5/c1-12-16(11-19(3)18-12)13(2)21-9-6-15(10-21)20-7-4-14(17)5-8-20/h11,13-15H,4-10,17H2,1-3H3. The number of hydrogen-bond acceptors (Lipinski definition) is 4. The van der Waals surface area contributed by atoms with Crippen molar-refractivity contribution < 1.29 is 0 Å². The Balaban J connectivity index is 1.60. The molecule has 2 saturated heterocycles. The maximum atomic E-state index is 6.02. The first kappa shape index (κ1) is 15.0. The number of aryl methyl sites for hydroxylation is 2. The van der Waals surface area contributed by atoms with Crippen molar-refractivity contribution >= 4 is 0 Å². The van der Waals surface area contributed by atoms with Crippen molar-refractivity contribution in [2.75, 3.05) is 26.2 Å². The summed E-state index contributed by atoms with van der Waals surface area (Å²) in [6, 6.07) is 1.61. The molecule has 1 aromatic heterocycles.